The Morgan fingerprint density at radius 3 is 2.84 bits per heavy atom. The number of halogens is 2. The second-order valence-electron chi connectivity index (χ2n) is 5.45. The number of pyridine rings is 1. The van der Waals surface area contributed by atoms with Gasteiger partial charge in [0.05, 0.1) is 9.50 Å². The molecule has 2 heterocycles. The molecule has 2 aliphatic rings. The summed E-state index contributed by atoms with van der Waals surface area (Å²) < 4.78 is 0.827. The van der Waals surface area contributed by atoms with Crippen molar-refractivity contribution in [2.45, 2.75) is 31.1 Å². The number of hydrogen-bond acceptors (Lipinski definition) is 3. The lowest BCUT2D eigenvalue weighted by molar-refractivity contribution is -0.123. The highest BCUT2D eigenvalue weighted by atomic mass is 79.9. The van der Waals surface area contributed by atoms with Crippen LogP contribution in [-0.2, 0) is 10.2 Å². The van der Waals surface area contributed by atoms with Gasteiger partial charge in [-0.25, -0.2) is 4.98 Å². The van der Waals surface area contributed by atoms with Gasteiger partial charge in [-0.05, 0) is 41.6 Å². The molecule has 0 saturated heterocycles. The molecular weight excluding hydrogens is 330 g/mol. The largest absolute Gasteiger partial charge is 0.369 e. The number of amides is 1. The van der Waals surface area contributed by atoms with Crippen LogP contribution in [0.2, 0.25) is 5.02 Å². The van der Waals surface area contributed by atoms with E-state index in [4.69, 9.17) is 17.3 Å². The Morgan fingerprint density at radius 2 is 2.21 bits per heavy atom. The molecule has 4 nitrogen and oxygen atoms in total. The van der Waals surface area contributed by atoms with Gasteiger partial charge in [0.15, 0.2) is 0 Å². The maximum absolute atomic E-state index is 11.3. The van der Waals surface area contributed by atoms with Crippen molar-refractivity contribution in [3.8, 4) is 0 Å². The van der Waals surface area contributed by atoms with E-state index in [-0.39, 0.29) is 17.2 Å². The van der Waals surface area contributed by atoms with Crippen LogP contribution in [0, 0.1) is 5.92 Å². The molecule has 1 aliphatic heterocycles. The zero-order valence-corrected chi connectivity index (χ0v) is 12.7. The number of aromatic nitrogens is 1. The molecule has 1 amide bonds. The van der Waals surface area contributed by atoms with Gasteiger partial charge in [0.25, 0.3) is 0 Å². The normalized spacial score (nSPS) is 29.1. The van der Waals surface area contributed by atoms with Crippen molar-refractivity contribution in [1.82, 2.24) is 4.98 Å². The first-order valence-corrected chi connectivity index (χ1v) is 7.58. The number of carbonyl (C=O) groups excluding carboxylic acids is 1. The second kappa shape index (κ2) is 4.63. The van der Waals surface area contributed by atoms with Crippen molar-refractivity contribution in [2.24, 2.45) is 11.7 Å². The number of anilines is 1. The van der Waals surface area contributed by atoms with Gasteiger partial charge in [-0.1, -0.05) is 11.6 Å². The quantitative estimate of drug-likeness (QED) is 0.823. The number of carbonyl (C=O) groups is 1. The first-order chi connectivity index (χ1) is 9.03. The van der Waals surface area contributed by atoms with E-state index >= 15 is 0 Å². The van der Waals surface area contributed by atoms with Crippen molar-refractivity contribution < 1.29 is 4.79 Å². The summed E-state index contributed by atoms with van der Waals surface area (Å²) in [5, 5.41) is 4.08. The van der Waals surface area contributed by atoms with E-state index in [1.54, 1.807) is 6.20 Å². The fraction of sp³-hybridized carbons (Fsp3) is 0.538. The summed E-state index contributed by atoms with van der Waals surface area (Å²) in [5.41, 5.74) is 6.51. The van der Waals surface area contributed by atoms with E-state index in [2.05, 4.69) is 26.2 Å². The number of nitrogens with one attached hydrogen (secondary N) is 1. The minimum absolute atomic E-state index is 0.00793. The van der Waals surface area contributed by atoms with Crippen molar-refractivity contribution in [3.63, 3.8) is 0 Å². The second-order valence-corrected chi connectivity index (χ2v) is 6.69. The Bertz CT molecular complexity index is 541. The van der Waals surface area contributed by atoms with Gasteiger partial charge in [-0.3, -0.25) is 4.79 Å². The first-order valence-electron chi connectivity index (χ1n) is 6.41. The molecule has 1 aromatic heterocycles. The van der Waals surface area contributed by atoms with Crippen LogP contribution in [0.25, 0.3) is 0 Å². The molecule has 1 spiro atoms. The van der Waals surface area contributed by atoms with Gasteiger partial charge in [-0.15, -0.1) is 0 Å². The van der Waals surface area contributed by atoms with Gasteiger partial charge in [0, 0.05) is 29.6 Å². The highest BCUT2D eigenvalue weighted by Crippen LogP contribution is 2.51. The number of nitrogens with two attached hydrogens (primary N) is 1. The van der Waals surface area contributed by atoms with Gasteiger partial charge >= 0.3 is 0 Å². The van der Waals surface area contributed by atoms with Crippen molar-refractivity contribution >= 4 is 39.3 Å². The van der Waals surface area contributed by atoms with Crippen molar-refractivity contribution in [1.29, 1.82) is 0 Å². The third kappa shape index (κ3) is 2.03. The van der Waals surface area contributed by atoms with Crippen LogP contribution >= 0.6 is 27.5 Å². The molecule has 1 fully saturated rings. The molecule has 1 aromatic rings. The minimum atomic E-state index is -0.181. The average Bonchev–Trinajstić information content (AvgIpc) is 2.74. The number of fused-ring (bicyclic) bond motifs is 2. The third-order valence-electron chi connectivity index (χ3n) is 4.44. The average molecular weight is 345 g/mol. The Hall–Kier alpha value is -0.810. The number of nitrogens with zero attached hydrogens (tertiary/aromatic N) is 1. The van der Waals surface area contributed by atoms with Gasteiger partial charge < -0.3 is 11.1 Å². The van der Waals surface area contributed by atoms with E-state index < -0.39 is 0 Å². The molecule has 6 heteroatoms. The Balaban J connectivity index is 1.94. The summed E-state index contributed by atoms with van der Waals surface area (Å²) >= 11 is 9.88. The summed E-state index contributed by atoms with van der Waals surface area (Å²) in [6.07, 6.45) is 5.25. The van der Waals surface area contributed by atoms with Crippen LogP contribution in [0.5, 0.6) is 0 Å². The Labute approximate surface area is 125 Å². The third-order valence-corrected chi connectivity index (χ3v) is 5.66. The molecule has 0 radical (unpaired) electrons. The summed E-state index contributed by atoms with van der Waals surface area (Å²) in [7, 11) is 0. The van der Waals surface area contributed by atoms with Crippen LogP contribution in [-0.4, -0.2) is 17.4 Å². The molecule has 0 unspecified atom stereocenters. The summed E-state index contributed by atoms with van der Waals surface area (Å²) in [6.45, 7) is 0.844. The van der Waals surface area contributed by atoms with Crippen molar-refractivity contribution in [2.75, 3.05) is 11.9 Å². The van der Waals surface area contributed by atoms with Crippen LogP contribution in [0.4, 0.5) is 5.82 Å². The molecule has 3 rings (SSSR count). The molecule has 3 N–H and O–H groups in total. The topological polar surface area (TPSA) is 68.0 Å². The zero-order chi connectivity index (χ0) is 13.6. The molecule has 102 valence electrons. The van der Waals surface area contributed by atoms with Gasteiger partial charge in [0.1, 0.15) is 5.82 Å². The molecular formula is C13H15BrClN3O. The molecule has 1 saturated carbocycles. The van der Waals surface area contributed by atoms with E-state index in [9.17, 15) is 4.79 Å². The van der Waals surface area contributed by atoms with Crippen LogP contribution in [0.1, 0.15) is 31.2 Å². The predicted octanol–water partition coefficient (Wildman–Crippen LogP) is 2.84. The van der Waals surface area contributed by atoms with Gasteiger partial charge in [-0.2, -0.15) is 0 Å². The predicted molar refractivity (Wildman–Crippen MR) is 78.3 cm³/mol. The molecule has 1 aliphatic carbocycles. The summed E-state index contributed by atoms with van der Waals surface area (Å²) in [5.74, 6) is 0.707. The number of primary amides is 1. The monoisotopic (exact) mass is 343 g/mol. The summed E-state index contributed by atoms with van der Waals surface area (Å²) in [4.78, 5) is 15.7. The summed E-state index contributed by atoms with van der Waals surface area (Å²) in [6, 6.07) is 0. The van der Waals surface area contributed by atoms with E-state index in [0.717, 1.165) is 53.1 Å². The molecule has 0 aromatic carbocycles. The number of rotatable bonds is 1. The zero-order valence-electron chi connectivity index (χ0n) is 10.4. The lowest BCUT2D eigenvalue weighted by Gasteiger charge is -2.36. The van der Waals surface area contributed by atoms with Crippen LogP contribution < -0.4 is 11.1 Å². The Morgan fingerprint density at radius 1 is 1.53 bits per heavy atom. The first kappa shape index (κ1) is 13.2. The van der Waals surface area contributed by atoms with Crippen molar-refractivity contribution in [3.05, 3.63) is 21.3 Å². The number of hydrogen-bond donors (Lipinski definition) is 2. The lowest BCUT2D eigenvalue weighted by atomic mass is 9.68. The standard InChI is InChI=1S/C13H15BrClN3O/c14-8-5-17-12-9(10(8)15)13(6-18-12)3-1-7(2-4-13)11(16)19/h5,7H,1-4,6H2,(H2,16,19)(H,17,18). The van der Waals surface area contributed by atoms with Crippen LogP contribution in [0.3, 0.4) is 0 Å². The fourth-order valence-corrected chi connectivity index (χ4v) is 3.95. The minimum Gasteiger partial charge on any atom is -0.369 e. The SMILES string of the molecule is NC(=O)C1CCC2(CC1)CNc1ncc(Br)c(Cl)c12. The van der Waals surface area contributed by atoms with Gasteiger partial charge in [0.2, 0.25) is 5.91 Å². The maximum Gasteiger partial charge on any atom is 0.220 e. The Kier molecular flexibility index (Phi) is 3.21. The van der Waals surface area contributed by atoms with E-state index in [0.29, 0.717) is 0 Å². The molecule has 0 bridgehead atoms. The van der Waals surface area contributed by atoms with E-state index in [1.807, 2.05) is 0 Å². The highest BCUT2D eigenvalue weighted by molar-refractivity contribution is 9.10. The highest BCUT2D eigenvalue weighted by Gasteiger charge is 2.45. The lowest BCUT2D eigenvalue weighted by Crippen LogP contribution is -2.37. The maximum atomic E-state index is 11.3. The smallest absolute Gasteiger partial charge is 0.220 e. The van der Waals surface area contributed by atoms with Crippen LogP contribution in [0.15, 0.2) is 10.7 Å². The fourth-order valence-electron chi connectivity index (χ4n) is 3.31. The molecule has 19 heavy (non-hydrogen) atoms. The van der Waals surface area contributed by atoms with E-state index in [1.165, 1.54) is 0 Å². The molecule has 0 atom stereocenters.